The highest BCUT2D eigenvalue weighted by Crippen LogP contribution is 2.40. The summed E-state index contributed by atoms with van der Waals surface area (Å²) in [5.74, 6) is 0.596. The van der Waals surface area contributed by atoms with Crippen molar-refractivity contribution < 1.29 is 18.1 Å². The summed E-state index contributed by atoms with van der Waals surface area (Å²) in [6.07, 6.45) is -4.24. The zero-order valence-corrected chi connectivity index (χ0v) is 14.8. The first-order valence-electron chi connectivity index (χ1n) is 7.71. The maximum absolute atomic E-state index is 13.3. The Hall–Kier alpha value is -2.88. The van der Waals surface area contributed by atoms with Crippen LogP contribution < -0.4 is 0 Å². The van der Waals surface area contributed by atoms with E-state index in [1.807, 2.05) is 30.3 Å². The third kappa shape index (κ3) is 4.27. The van der Waals surface area contributed by atoms with Crippen molar-refractivity contribution in [1.82, 2.24) is 14.8 Å². The summed E-state index contributed by atoms with van der Waals surface area (Å²) >= 11 is 0.766. The third-order valence-electron chi connectivity index (χ3n) is 3.81. The molecule has 140 valence electrons. The van der Waals surface area contributed by atoms with E-state index in [4.69, 9.17) is 0 Å². The number of benzene rings is 2. The number of non-ortho nitro benzene ring substituents is 1. The SMILES string of the molecule is Cn1c(Cc2ccccc2)nnc1Sc1ccc([N+](=O)[O-])cc1C(F)(F)F. The van der Waals surface area contributed by atoms with Crippen LogP contribution in [0.15, 0.2) is 58.6 Å². The summed E-state index contributed by atoms with van der Waals surface area (Å²) in [5, 5.41) is 19.1. The first kappa shape index (κ1) is 18.9. The van der Waals surface area contributed by atoms with Gasteiger partial charge in [-0.1, -0.05) is 30.3 Å². The lowest BCUT2D eigenvalue weighted by Crippen LogP contribution is -2.08. The van der Waals surface area contributed by atoms with Gasteiger partial charge in [0.05, 0.1) is 10.5 Å². The fourth-order valence-electron chi connectivity index (χ4n) is 2.41. The lowest BCUT2D eigenvalue weighted by molar-refractivity contribution is -0.385. The van der Waals surface area contributed by atoms with Gasteiger partial charge in [0.2, 0.25) is 0 Å². The third-order valence-corrected chi connectivity index (χ3v) is 4.92. The van der Waals surface area contributed by atoms with Crippen LogP contribution in [0, 0.1) is 10.1 Å². The summed E-state index contributed by atoms with van der Waals surface area (Å²) in [6.45, 7) is 0. The summed E-state index contributed by atoms with van der Waals surface area (Å²) in [5.41, 5.74) is -0.695. The van der Waals surface area contributed by atoms with Gasteiger partial charge in [-0.05, 0) is 23.4 Å². The average molecular weight is 394 g/mol. The van der Waals surface area contributed by atoms with Gasteiger partial charge >= 0.3 is 6.18 Å². The van der Waals surface area contributed by atoms with Crippen molar-refractivity contribution >= 4 is 17.4 Å². The highest BCUT2D eigenvalue weighted by molar-refractivity contribution is 7.99. The smallest absolute Gasteiger partial charge is 0.309 e. The standard InChI is InChI=1S/C17H13F3N4O2S/c1-23-15(9-11-5-3-2-4-6-11)21-22-16(23)27-14-8-7-12(24(25)26)10-13(14)17(18,19)20/h2-8,10H,9H2,1H3. The van der Waals surface area contributed by atoms with Crippen LogP contribution in [0.25, 0.3) is 0 Å². The number of halogens is 3. The average Bonchev–Trinajstić information content (AvgIpc) is 2.95. The minimum absolute atomic E-state index is 0.171. The van der Waals surface area contributed by atoms with Crippen molar-refractivity contribution in [3.8, 4) is 0 Å². The molecule has 0 bridgehead atoms. The number of hydrogen-bond donors (Lipinski definition) is 0. The van der Waals surface area contributed by atoms with Crippen molar-refractivity contribution in [2.24, 2.45) is 7.05 Å². The molecule has 10 heteroatoms. The zero-order chi connectivity index (χ0) is 19.6. The number of alkyl halides is 3. The molecule has 0 saturated heterocycles. The van der Waals surface area contributed by atoms with Crippen LogP contribution in [-0.4, -0.2) is 19.7 Å². The van der Waals surface area contributed by atoms with Crippen molar-refractivity contribution in [1.29, 1.82) is 0 Å². The monoisotopic (exact) mass is 394 g/mol. The summed E-state index contributed by atoms with van der Waals surface area (Å²) in [6, 6.07) is 12.1. The Morgan fingerprint density at radius 1 is 1.15 bits per heavy atom. The molecule has 0 unspecified atom stereocenters. The second-order valence-electron chi connectivity index (χ2n) is 5.66. The Bertz CT molecular complexity index is 974. The number of aromatic nitrogens is 3. The Kier molecular flexibility index (Phi) is 5.17. The van der Waals surface area contributed by atoms with Crippen LogP contribution >= 0.6 is 11.8 Å². The van der Waals surface area contributed by atoms with E-state index in [-0.39, 0.29) is 10.1 Å². The summed E-state index contributed by atoms with van der Waals surface area (Å²) in [7, 11) is 1.67. The number of nitro groups is 1. The molecule has 0 N–H and O–H groups in total. The van der Waals surface area contributed by atoms with Gasteiger partial charge in [0, 0.05) is 30.5 Å². The first-order valence-corrected chi connectivity index (χ1v) is 8.53. The molecule has 0 atom stereocenters. The second-order valence-corrected chi connectivity index (χ2v) is 6.67. The lowest BCUT2D eigenvalue weighted by atomic mass is 10.1. The highest BCUT2D eigenvalue weighted by atomic mass is 32.2. The van der Waals surface area contributed by atoms with E-state index in [0.717, 1.165) is 29.5 Å². The molecule has 0 aliphatic heterocycles. The molecule has 0 saturated carbocycles. The number of nitro benzene ring substituents is 1. The molecule has 0 spiro atoms. The number of rotatable bonds is 5. The molecular formula is C17H13F3N4O2S. The molecule has 0 aliphatic rings. The summed E-state index contributed by atoms with van der Waals surface area (Å²) < 4.78 is 41.5. The summed E-state index contributed by atoms with van der Waals surface area (Å²) in [4.78, 5) is 9.76. The van der Waals surface area contributed by atoms with Crippen molar-refractivity contribution in [3.05, 3.63) is 75.6 Å². The normalized spacial score (nSPS) is 11.6. The molecule has 6 nitrogen and oxygen atoms in total. The molecule has 2 aromatic carbocycles. The van der Waals surface area contributed by atoms with E-state index >= 15 is 0 Å². The van der Waals surface area contributed by atoms with E-state index in [1.54, 1.807) is 11.6 Å². The van der Waals surface area contributed by atoms with Gasteiger partial charge in [-0.3, -0.25) is 10.1 Å². The Morgan fingerprint density at radius 2 is 1.85 bits per heavy atom. The molecule has 27 heavy (non-hydrogen) atoms. The lowest BCUT2D eigenvalue weighted by Gasteiger charge is -2.12. The van der Waals surface area contributed by atoms with Crippen LogP contribution in [0.1, 0.15) is 17.0 Å². The topological polar surface area (TPSA) is 73.8 Å². The second kappa shape index (κ2) is 7.39. The molecule has 0 amide bonds. The molecule has 0 aliphatic carbocycles. The predicted octanol–water partition coefficient (Wildman–Crippen LogP) is 4.48. The van der Waals surface area contributed by atoms with Crippen molar-refractivity contribution in [3.63, 3.8) is 0 Å². The van der Waals surface area contributed by atoms with E-state index in [2.05, 4.69) is 10.2 Å². The van der Waals surface area contributed by atoms with Gasteiger partial charge < -0.3 is 4.57 Å². The molecule has 3 rings (SSSR count). The Labute approximate surface area is 156 Å². The fourth-order valence-corrected chi connectivity index (χ4v) is 3.35. The minimum atomic E-state index is -4.72. The van der Waals surface area contributed by atoms with Crippen LogP contribution in [0.5, 0.6) is 0 Å². The fraction of sp³-hybridized carbons (Fsp3) is 0.176. The van der Waals surface area contributed by atoms with E-state index < -0.39 is 22.4 Å². The molecule has 3 aromatic rings. The molecule has 1 heterocycles. The maximum Gasteiger partial charge on any atom is 0.417 e. The number of nitrogens with zero attached hydrogens (tertiary/aromatic N) is 4. The maximum atomic E-state index is 13.3. The first-order chi connectivity index (χ1) is 12.8. The zero-order valence-electron chi connectivity index (χ0n) is 14.0. The highest BCUT2D eigenvalue weighted by Gasteiger charge is 2.35. The quantitative estimate of drug-likeness (QED) is 0.471. The van der Waals surface area contributed by atoms with Crippen molar-refractivity contribution in [2.45, 2.75) is 22.6 Å². The molecule has 1 aromatic heterocycles. The van der Waals surface area contributed by atoms with Crippen LogP contribution in [-0.2, 0) is 19.6 Å². The van der Waals surface area contributed by atoms with Crippen LogP contribution in [0.4, 0.5) is 18.9 Å². The largest absolute Gasteiger partial charge is 0.417 e. The van der Waals surface area contributed by atoms with E-state index in [1.165, 1.54) is 0 Å². The van der Waals surface area contributed by atoms with Gasteiger partial charge in [0.1, 0.15) is 5.82 Å². The Balaban J connectivity index is 1.91. The Morgan fingerprint density at radius 3 is 2.48 bits per heavy atom. The molecule has 0 radical (unpaired) electrons. The molecular weight excluding hydrogens is 381 g/mol. The van der Waals surface area contributed by atoms with Gasteiger partial charge in [0.25, 0.3) is 5.69 Å². The van der Waals surface area contributed by atoms with E-state index in [9.17, 15) is 23.3 Å². The minimum Gasteiger partial charge on any atom is -0.309 e. The van der Waals surface area contributed by atoms with Crippen LogP contribution in [0.3, 0.4) is 0 Å². The predicted molar refractivity (Wildman–Crippen MR) is 92.5 cm³/mol. The van der Waals surface area contributed by atoms with Gasteiger partial charge in [-0.25, -0.2) is 0 Å². The van der Waals surface area contributed by atoms with Gasteiger partial charge in [0.15, 0.2) is 5.16 Å². The van der Waals surface area contributed by atoms with Crippen LogP contribution in [0.2, 0.25) is 0 Å². The van der Waals surface area contributed by atoms with Gasteiger partial charge in [-0.2, -0.15) is 13.2 Å². The van der Waals surface area contributed by atoms with E-state index in [0.29, 0.717) is 18.3 Å². The van der Waals surface area contributed by atoms with Gasteiger partial charge in [-0.15, -0.1) is 10.2 Å². The number of hydrogen-bond acceptors (Lipinski definition) is 5. The van der Waals surface area contributed by atoms with Crippen molar-refractivity contribution in [2.75, 3.05) is 0 Å². The molecule has 0 fully saturated rings.